The molecule has 0 spiro atoms. The van der Waals surface area contributed by atoms with E-state index in [1.165, 1.54) is 5.56 Å². The van der Waals surface area contributed by atoms with Gasteiger partial charge in [0.15, 0.2) is 0 Å². The molecular formula is C20H24N6O. The third kappa shape index (κ3) is 4.43. The van der Waals surface area contributed by atoms with Crippen LogP contribution < -0.4 is 10.6 Å². The van der Waals surface area contributed by atoms with E-state index in [4.69, 9.17) is 0 Å². The number of aromatic nitrogens is 4. The lowest BCUT2D eigenvalue weighted by atomic mass is 10.1. The van der Waals surface area contributed by atoms with Crippen molar-refractivity contribution in [2.45, 2.75) is 32.0 Å². The average molecular weight is 364 g/mol. The average Bonchev–Trinajstić information content (AvgIpc) is 3.40. The molecule has 1 aromatic carbocycles. The van der Waals surface area contributed by atoms with Gasteiger partial charge >= 0.3 is 0 Å². The van der Waals surface area contributed by atoms with E-state index in [1.54, 1.807) is 12.3 Å². The second kappa shape index (κ2) is 8.18. The summed E-state index contributed by atoms with van der Waals surface area (Å²) in [7, 11) is 0. The van der Waals surface area contributed by atoms with Gasteiger partial charge in [-0.15, -0.1) is 0 Å². The molecule has 1 unspecified atom stereocenters. The van der Waals surface area contributed by atoms with Crippen LogP contribution in [0.3, 0.4) is 0 Å². The highest BCUT2D eigenvalue weighted by Crippen LogP contribution is 2.15. The van der Waals surface area contributed by atoms with E-state index >= 15 is 0 Å². The standard InChI is InChI=1S/C20H24N6O/c27-20(19-8-12-26(24-19)18-3-1-9-21-14-18)22-13-16-4-6-17(7-5-16)15-25-11-2-10-23-25/h2,4-8,10-12,18,21H,1,3,9,13-15H2,(H,22,27). The quantitative estimate of drug-likeness (QED) is 0.701. The Balaban J connectivity index is 1.30. The lowest BCUT2D eigenvalue weighted by Crippen LogP contribution is -2.32. The van der Waals surface area contributed by atoms with E-state index in [0.29, 0.717) is 18.3 Å². The van der Waals surface area contributed by atoms with E-state index in [2.05, 4.69) is 33.0 Å². The van der Waals surface area contributed by atoms with Gasteiger partial charge < -0.3 is 10.6 Å². The van der Waals surface area contributed by atoms with Crippen molar-refractivity contribution in [3.63, 3.8) is 0 Å². The third-order valence-corrected chi connectivity index (χ3v) is 4.87. The Bertz CT molecular complexity index is 862. The van der Waals surface area contributed by atoms with Gasteiger partial charge in [-0.05, 0) is 42.6 Å². The molecule has 4 rings (SSSR count). The summed E-state index contributed by atoms with van der Waals surface area (Å²) >= 11 is 0. The maximum absolute atomic E-state index is 12.4. The highest BCUT2D eigenvalue weighted by atomic mass is 16.1. The van der Waals surface area contributed by atoms with Gasteiger partial charge in [0.1, 0.15) is 5.69 Å². The smallest absolute Gasteiger partial charge is 0.272 e. The normalized spacial score (nSPS) is 17.0. The molecule has 0 bridgehead atoms. The number of rotatable bonds is 6. The number of carbonyl (C=O) groups excluding carboxylic acids is 1. The Morgan fingerprint density at radius 1 is 1.19 bits per heavy atom. The first-order chi connectivity index (χ1) is 13.3. The monoisotopic (exact) mass is 364 g/mol. The number of benzene rings is 1. The Kier molecular flexibility index (Phi) is 5.29. The molecule has 1 aliphatic heterocycles. The minimum atomic E-state index is -0.141. The van der Waals surface area contributed by atoms with Crippen LogP contribution in [0.2, 0.25) is 0 Å². The third-order valence-electron chi connectivity index (χ3n) is 4.87. The summed E-state index contributed by atoms with van der Waals surface area (Å²) in [5.74, 6) is -0.141. The fourth-order valence-electron chi connectivity index (χ4n) is 3.34. The number of amides is 1. The van der Waals surface area contributed by atoms with Crippen LogP contribution in [0, 0.1) is 0 Å². The molecule has 3 aromatic rings. The maximum Gasteiger partial charge on any atom is 0.272 e. The van der Waals surface area contributed by atoms with Gasteiger partial charge in [-0.25, -0.2) is 0 Å². The van der Waals surface area contributed by atoms with Crippen LogP contribution in [0.15, 0.2) is 55.0 Å². The Labute approximate surface area is 158 Å². The number of carbonyl (C=O) groups is 1. The minimum Gasteiger partial charge on any atom is -0.347 e. The summed E-state index contributed by atoms with van der Waals surface area (Å²) < 4.78 is 3.79. The Morgan fingerprint density at radius 2 is 2.04 bits per heavy atom. The molecule has 0 aliphatic carbocycles. The molecule has 0 radical (unpaired) electrons. The van der Waals surface area contributed by atoms with E-state index in [-0.39, 0.29) is 5.91 Å². The zero-order chi connectivity index (χ0) is 18.5. The minimum absolute atomic E-state index is 0.141. The zero-order valence-electron chi connectivity index (χ0n) is 15.2. The van der Waals surface area contributed by atoms with Crippen LogP contribution in [0.25, 0.3) is 0 Å². The van der Waals surface area contributed by atoms with Gasteiger partial charge in [0.05, 0.1) is 12.6 Å². The molecule has 2 N–H and O–H groups in total. The molecule has 27 heavy (non-hydrogen) atoms. The summed E-state index contributed by atoms with van der Waals surface area (Å²) in [6.45, 7) is 3.20. The van der Waals surface area contributed by atoms with Crippen molar-refractivity contribution in [3.8, 4) is 0 Å². The topological polar surface area (TPSA) is 76.8 Å². The molecule has 1 amide bonds. The van der Waals surface area contributed by atoms with Crippen molar-refractivity contribution in [1.29, 1.82) is 0 Å². The largest absolute Gasteiger partial charge is 0.347 e. The van der Waals surface area contributed by atoms with E-state index in [0.717, 1.165) is 38.0 Å². The van der Waals surface area contributed by atoms with Gasteiger partial charge in [-0.1, -0.05) is 24.3 Å². The summed E-state index contributed by atoms with van der Waals surface area (Å²) in [4.78, 5) is 12.4. The van der Waals surface area contributed by atoms with Crippen LogP contribution in [-0.2, 0) is 13.1 Å². The molecule has 7 nitrogen and oxygen atoms in total. The Morgan fingerprint density at radius 3 is 2.78 bits per heavy atom. The predicted octanol–water partition coefficient (Wildman–Crippen LogP) is 1.98. The molecule has 3 heterocycles. The second-order valence-corrected chi connectivity index (χ2v) is 6.88. The van der Waals surface area contributed by atoms with Crippen LogP contribution >= 0.6 is 0 Å². The number of nitrogens with zero attached hydrogens (tertiary/aromatic N) is 4. The number of hydrogen-bond donors (Lipinski definition) is 2. The molecular weight excluding hydrogens is 340 g/mol. The SMILES string of the molecule is O=C(NCc1ccc(Cn2cccn2)cc1)c1ccn(C2CCCNC2)n1. The van der Waals surface area contributed by atoms with Gasteiger partial charge in [-0.2, -0.15) is 10.2 Å². The molecule has 7 heteroatoms. The van der Waals surface area contributed by atoms with Gasteiger partial charge in [0, 0.05) is 31.7 Å². The van der Waals surface area contributed by atoms with Crippen molar-refractivity contribution in [3.05, 3.63) is 71.8 Å². The second-order valence-electron chi connectivity index (χ2n) is 6.88. The molecule has 2 aromatic heterocycles. The zero-order valence-corrected chi connectivity index (χ0v) is 15.2. The first kappa shape index (κ1) is 17.5. The van der Waals surface area contributed by atoms with Crippen LogP contribution in [-0.4, -0.2) is 38.6 Å². The fraction of sp³-hybridized carbons (Fsp3) is 0.350. The summed E-state index contributed by atoms with van der Waals surface area (Å²) in [6, 6.07) is 12.2. The van der Waals surface area contributed by atoms with Crippen molar-refractivity contribution < 1.29 is 4.79 Å². The number of nitrogens with one attached hydrogen (secondary N) is 2. The highest BCUT2D eigenvalue weighted by molar-refractivity contribution is 5.92. The van der Waals surface area contributed by atoms with Gasteiger partial charge in [0.25, 0.3) is 5.91 Å². The van der Waals surface area contributed by atoms with Crippen molar-refractivity contribution in [2.75, 3.05) is 13.1 Å². The fourth-order valence-corrected chi connectivity index (χ4v) is 3.34. The van der Waals surface area contributed by atoms with Crippen molar-refractivity contribution in [2.24, 2.45) is 0 Å². The van der Waals surface area contributed by atoms with Crippen molar-refractivity contribution >= 4 is 5.91 Å². The summed E-state index contributed by atoms with van der Waals surface area (Å²) in [6.07, 6.45) is 7.85. The van der Waals surface area contributed by atoms with Crippen LogP contribution in [0.1, 0.15) is 40.5 Å². The lowest BCUT2D eigenvalue weighted by Gasteiger charge is -2.22. The van der Waals surface area contributed by atoms with E-state index in [1.807, 2.05) is 40.0 Å². The number of hydrogen-bond acceptors (Lipinski definition) is 4. The van der Waals surface area contributed by atoms with Crippen LogP contribution in [0.4, 0.5) is 0 Å². The van der Waals surface area contributed by atoms with E-state index < -0.39 is 0 Å². The predicted molar refractivity (Wildman–Crippen MR) is 102 cm³/mol. The lowest BCUT2D eigenvalue weighted by molar-refractivity contribution is 0.0944. The molecule has 1 fully saturated rings. The van der Waals surface area contributed by atoms with Crippen LogP contribution in [0.5, 0.6) is 0 Å². The maximum atomic E-state index is 12.4. The van der Waals surface area contributed by atoms with Crippen molar-refractivity contribution in [1.82, 2.24) is 30.2 Å². The first-order valence-corrected chi connectivity index (χ1v) is 9.37. The molecule has 1 atom stereocenters. The molecule has 1 aliphatic rings. The molecule has 1 saturated heterocycles. The van der Waals surface area contributed by atoms with E-state index in [9.17, 15) is 4.79 Å². The highest BCUT2D eigenvalue weighted by Gasteiger charge is 2.17. The number of piperidine rings is 1. The van der Waals surface area contributed by atoms with Gasteiger partial charge in [-0.3, -0.25) is 14.2 Å². The first-order valence-electron chi connectivity index (χ1n) is 9.37. The Hall–Kier alpha value is -2.93. The molecule has 140 valence electrons. The summed E-state index contributed by atoms with van der Waals surface area (Å²) in [5.41, 5.74) is 2.70. The summed E-state index contributed by atoms with van der Waals surface area (Å²) in [5, 5.41) is 15.0. The van der Waals surface area contributed by atoms with Gasteiger partial charge in [0.2, 0.25) is 0 Å². The molecule has 0 saturated carbocycles.